The number of carbonyl (C=O) groups is 3. The Balaban J connectivity index is 1.45. The summed E-state index contributed by atoms with van der Waals surface area (Å²) in [6, 6.07) is 30.4. The number of carbonyl (C=O) groups excluding carboxylic acids is 3. The largest absolute Gasteiger partial charge is 0.380 e. The summed E-state index contributed by atoms with van der Waals surface area (Å²) < 4.78 is 0. The highest BCUT2D eigenvalue weighted by Crippen LogP contribution is 2.22. The summed E-state index contributed by atoms with van der Waals surface area (Å²) in [5.41, 5.74) is 2.49. The molecule has 0 fully saturated rings. The second-order valence-corrected chi connectivity index (χ2v) is 7.57. The number of anilines is 2. The molecule has 168 valence electrons. The molecule has 1 atom stereocenters. The molecule has 0 saturated carbocycles. The minimum absolute atomic E-state index is 0.301. The predicted molar refractivity (Wildman–Crippen MR) is 131 cm³/mol. The van der Waals surface area contributed by atoms with Crippen molar-refractivity contribution in [2.24, 2.45) is 0 Å². The Kier molecular flexibility index (Phi) is 6.91. The maximum Gasteiger partial charge on any atom is 0.257 e. The normalized spacial score (nSPS) is 11.3. The summed E-state index contributed by atoms with van der Waals surface area (Å²) >= 11 is 0. The van der Waals surface area contributed by atoms with Crippen molar-refractivity contribution in [2.45, 2.75) is 6.10 Å². The molecule has 0 radical (unpaired) electrons. The van der Waals surface area contributed by atoms with Crippen molar-refractivity contribution in [1.82, 2.24) is 0 Å². The number of hydrogen-bond acceptors (Lipinski definition) is 4. The Labute approximate surface area is 196 Å². The number of aliphatic hydroxyl groups is 1. The van der Waals surface area contributed by atoms with Gasteiger partial charge in [-0.15, -0.1) is 0 Å². The molecule has 3 N–H and O–H groups in total. The monoisotopic (exact) mass is 450 g/mol. The molecule has 0 heterocycles. The van der Waals surface area contributed by atoms with Gasteiger partial charge in [-0.05, 0) is 42.0 Å². The molecule has 4 aromatic rings. The molecule has 2 amide bonds. The Morgan fingerprint density at radius 3 is 1.79 bits per heavy atom. The smallest absolute Gasteiger partial charge is 0.257 e. The lowest BCUT2D eigenvalue weighted by Gasteiger charge is -2.13. The fraction of sp³-hybridized carbons (Fsp3) is 0.0357. The first-order valence-corrected chi connectivity index (χ1v) is 10.7. The standard InChI is InChI=1S/C28H22N2O4/c31-25(19-9-3-1-4-10-19)26(32)20-15-17-22(18-16-20)29-28(34)23-13-7-8-14-24(23)30-27(33)21-11-5-2-6-12-21/h1-18,26,32H,(H,29,34)(H,30,33). The van der Waals surface area contributed by atoms with Crippen molar-refractivity contribution in [1.29, 1.82) is 0 Å². The minimum atomic E-state index is -1.30. The predicted octanol–water partition coefficient (Wildman–Crippen LogP) is 5.11. The van der Waals surface area contributed by atoms with Crippen LogP contribution in [0.4, 0.5) is 11.4 Å². The average Bonchev–Trinajstić information content (AvgIpc) is 2.89. The van der Waals surface area contributed by atoms with Crippen LogP contribution in [0.5, 0.6) is 0 Å². The van der Waals surface area contributed by atoms with Gasteiger partial charge in [-0.25, -0.2) is 0 Å². The molecular weight excluding hydrogens is 428 g/mol. The van der Waals surface area contributed by atoms with Crippen LogP contribution in [-0.2, 0) is 0 Å². The number of ketones is 1. The molecule has 4 rings (SSSR count). The molecule has 0 bridgehead atoms. The van der Waals surface area contributed by atoms with E-state index in [1.165, 1.54) is 0 Å². The Morgan fingerprint density at radius 1 is 0.588 bits per heavy atom. The summed E-state index contributed by atoms with van der Waals surface area (Å²) in [5.74, 6) is -1.12. The van der Waals surface area contributed by atoms with E-state index in [2.05, 4.69) is 10.6 Å². The van der Waals surface area contributed by atoms with Crippen molar-refractivity contribution < 1.29 is 19.5 Å². The van der Waals surface area contributed by atoms with Crippen LogP contribution < -0.4 is 10.6 Å². The van der Waals surface area contributed by atoms with Gasteiger partial charge in [-0.1, -0.05) is 72.8 Å². The zero-order chi connectivity index (χ0) is 23.9. The fourth-order valence-corrected chi connectivity index (χ4v) is 3.43. The molecule has 4 aromatic carbocycles. The van der Waals surface area contributed by atoms with Crippen LogP contribution in [0.1, 0.15) is 42.7 Å². The Morgan fingerprint density at radius 2 is 1.15 bits per heavy atom. The number of amides is 2. The number of rotatable bonds is 7. The summed E-state index contributed by atoms with van der Waals surface area (Å²) in [4.78, 5) is 37.9. The highest BCUT2D eigenvalue weighted by molar-refractivity contribution is 6.12. The fourth-order valence-electron chi connectivity index (χ4n) is 3.43. The lowest BCUT2D eigenvalue weighted by atomic mass is 10.00. The zero-order valence-corrected chi connectivity index (χ0v) is 18.1. The van der Waals surface area contributed by atoms with E-state index in [-0.39, 0.29) is 5.91 Å². The lowest BCUT2D eigenvalue weighted by molar-refractivity contribution is 0.0747. The van der Waals surface area contributed by atoms with Crippen molar-refractivity contribution in [3.8, 4) is 0 Å². The summed E-state index contributed by atoms with van der Waals surface area (Å²) in [6.07, 6.45) is -1.30. The van der Waals surface area contributed by atoms with Gasteiger partial charge in [0.25, 0.3) is 11.8 Å². The number of hydrogen-bond donors (Lipinski definition) is 3. The van der Waals surface area contributed by atoms with E-state index in [1.54, 1.807) is 103 Å². The van der Waals surface area contributed by atoms with Gasteiger partial charge in [0.05, 0.1) is 11.3 Å². The van der Waals surface area contributed by atoms with Gasteiger partial charge in [0.2, 0.25) is 0 Å². The van der Waals surface area contributed by atoms with E-state index in [4.69, 9.17) is 0 Å². The molecule has 0 aromatic heterocycles. The van der Waals surface area contributed by atoms with Crippen LogP contribution in [-0.4, -0.2) is 22.7 Å². The van der Waals surface area contributed by atoms with E-state index in [0.717, 1.165) is 0 Å². The number of benzene rings is 4. The van der Waals surface area contributed by atoms with Crippen molar-refractivity contribution in [3.63, 3.8) is 0 Å². The zero-order valence-electron chi connectivity index (χ0n) is 18.1. The molecule has 0 aliphatic heterocycles. The van der Waals surface area contributed by atoms with E-state index >= 15 is 0 Å². The van der Waals surface area contributed by atoms with Gasteiger partial charge in [-0.3, -0.25) is 14.4 Å². The Hall–Kier alpha value is -4.55. The third-order valence-corrected chi connectivity index (χ3v) is 5.25. The maximum atomic E-state index is 12.9. The summed E-state index contributed by atoms with van der Waals surface area (Å²) in [6.45, 7) is 0. The Bertz CT molecular complexity index is 1300. The number of Topliss-reactive ketones (excluding diaryl/α,β-unsaturated/α-hetero) is 1. The van der Waals surface area contributed by atoms with Crippen LogP contribution in [0.25, 0.3) is 0 Å². The third-order valence-electron chi connectivity index (χ3n) is 5.25. The molecule has 6 nitrogen and oxygen atoms in total. The van der Waals surface area contributed by atoms with Crippen LogP contribution in [0, 0.1) is 0 Å². The third kappa shape index (κ3) is 5.26. The van der Waals surface area contributed by atoms with Gasteiger partial charge in [0.1, 0.15) is 6.10 Å². The van der Waals surface area contributed by atoms with Crippen LogP contribution in [0.15, 0.2) is 109 Å². The van der Waals surface area contributed by atoms with E-state index in [9.17, 15) is 19.5 Å². The van der Waals surface area contributed by atoms with Gasteiger partial charge in [0, 0.05) is 16.8 Å². The maximum absolute atomic E-state index is 12.9. The number of para-hydroxylation sites is 1. The van der Waals surface area contributed by atoms with Crippen molar-refractivity contribution in [3.05, 3.63) is 131 Å². The van der Waals surface area contributed by atoms with Crippen LogP contribution >= 0.6 is 0 Å². The number of nitrogens with one attached hydrogen (secondary N) is 2. The van der Waals surface area contributed by atoms with Crippen LogP contribution in [0.3, 0.4) is 0 Å². The molecule has 0 aliphatic carbocycles. The first kappa shape index (κ1) is 22.6. The average molecular weight is 450 g/mol. The quantitative estimate of drug-likeness (QED) is 0.341. The van der Waals surface area contributed by atoms with Gasteiger partial charge >= 0.3 is 0 Å². The molecule has 6 heteroatoms. The SMILES string of the molecule is O=C(Nc1ccccc1C(=O)Nc1ccc(C(O)C(=O)c2ccccc2)cc1)c1ccccc1. The highest BCUT2D eigenvalue weighted by atomic mass is 16.3. The van der Waals surface area contributed by atoms with E-state index in [0.29, 0.717) is 33.6 Å². The summed E-state index contributed by atoms with van der Waals surface area (Å²) in [7, 11) is 0. The molecule has 34 heavy (non-hydrogen) atoms. The first-order chi connectivity index (χ1) is 16.5. The lowest BCUT2D eigenvalue weighted by Crippen LogP contribution is -2.18. The second-order valence-electron chi connectivity index (χ2n) is 7.57. The summed E-state index contributed by atoms with van der Waals surface area (Å²) in [5, 5.41) is 16.0. The van der Waals surface area contributed by atoms with E-state index < -0.39 is 17.8 Å². The molecule has 0 saturated heterocycles. The topological polar surface area (TPSA) is 95.5 Å². The first-order valence-electron chi connectivity index (χ1n) is 10.7. The van der Waals surface area contributed by atoms with Gasteiger partial charge in [0.15, 0.2) is 5.78 Å². The van der Waals surface area contributed by atoms with Crippen LogP contribution in [0.2, 0.25) is 0 Å². The van der Waals surface area contributed by atoms with Crippen molar-refractivity contribution >= 4 is 29.0 Å². The second kappa shape index (κ2) is 10.4. The van der Waals surface area contributed by atoms with Gasteiger partial charge < -0.3 is 15.7 Å². The van der Waals surface area contributed by atoms with Gasteiger partial charge in [-0.2, -0.15) is 0 Å². The van der Waals surface area contributed by atoms with Crippen molar-refractivity contribution in [2.75, 3.05) is 10.6 Å². The number of aliphatic hydroxyl groups excluding tert-OH is 1. The molecular formula is C28H22N2O4. The molecule has 1 unspecified atom stereocenters. The minimum Gasteiger partial charge on any atom is -0.380 e. The molecule has 0 aliphatic rings. The highest BCUT2D eigenvalue weighted by Gasteiger charge is 2.19. The molecule has 0 spiro atoms. The van der Waals surface area contributed by atoms with E-state index in [1.807, 2.05) is 6.07 Å².